The van der Waals surface area contributed by atoms with Gasteiger partial charge in [-0.3, -0.25) is 0 Å². The Labute approximate surface area is 213 Å². The lowest BCUT2D eigenvalue weighted by atomic mass is 10.1. The minimum Gasteiger partial charge on any atom is -0.457 e. The summed E-state index contributed by atoms with van der Waals surface area (Å²) >= 11 is 0. The van der Waals surface area contributed by atoms with Crippen LogP contribution in [0.1, 0.15) is 22.3 Å². The molecule has 0 N–H and O–H groups in total. The molecule has 0 spiro atoms. The van der Waals surface area contributed by atoms with E-state index in [1.807, 2.05) is 0 Å². The van der Waals surface area contributed by atoms with Gasteiger partial charge in [0.25, 0.3) is 0 Å². The Morgan fingerprint density at radius 1 is 0.333 bits per heavy atom. The van der Waals surface area contributed by atoms with E-state index in [-0.39, 0.29) is 0 Å². The van der Waals surface area contributed by atoms with Gasteiger partial charge in [0, 0.05) is 0 Å². The molecule has 0 bridgehead atoms. The normalized spacial score (nSPS) is 11.6. The lowest BCUT2D eigenvalue weighted by Crippen LogP contribution is -2.03. The minimum absolute atomic E-state index is 0.299. The Hall–Kier alpha value is -4.54. The first-order chi connectivity index (χ1) is 18.5. The molecule has 0 unspecified atom stereocenters. The van der Waals surface area contributed by atoms with Crippen LogP contribution in [0.3, 0.4) is 0 Å². The predicted octanol–water partition coefficient (Wildman–Crippen LogP) is 9.21. The van der Waals surface area contributed by atoms with Crippen molar-refractivity contribution in [2.75, 3.05) is 0 Å². The Morgan fingerprint density at radius 3 is 0.872 bits per heavy atom. The number of halogens is 10. The van der Waals surface area contributed by atoms with Crippen LogP contribution in [0, 0.1) is 58.2 Å². The highest BCUT2D eigenvalue weighted by Gasteiger charge is 2.25. The molecule has 200 valence electrons. The van der Waals surface area contributed by atoms with Crippen LogP contribution in [0.25, 0.3) is 24.3 Å². The maximum absolute atomic E-state index is 13.8. The summed E-state index contributed by atoms with van der Waals surface area (Å²) in [6.07, 6.45) is 3.75. The van der Waals surface area contributed by atoms with Gasteiger partial charge in [-0.25, -0.2) is 43.9 Å². The van der Waals surface area contributed by atoms with E-state index in [1.165, 1.54) is 48.5 Å². The van der Waals surface area contributed by atoms with Crippen LogP contribution in [-0.2, 0) is 0 Å². The van der Waals surface area contributed by atoms with Crippen molar-refractivity contribution in [1.82, 2.24) is 0 Å². The van der Waals surface area contributed by atoms with Gasteiger partial charge < -0.3 is 4.74 Å². The first-order valence-electron chi connectivity index (χ1n) is 10.8. The highest BCUT2D eigenvalue weighted by atomic mass is 19.2. The first kappa shape index (κ1) is 27.5. The van der Waals surface area contributed by atoms with E-state index in [2.05, 4.69) is 0 Å². The predicted molar refractivity (Wildman–Crippen MR) is 123 cm³/mol. The molecule has 11 heteroatoms. The van der Waals surface area contributed by atoms with Gasteiger partial charge in [0.15, 0.2) is 46.5 Å². The number of hydrogen-bond acceptors (Lipinski definition) is 1. The highest BCUT2D eigenvalue weighted by molar-refractivity contribution is 5.71. The molecular weight excluding hydrogens is 542 g/mol. The van der Waals surface area contributed by atoms with Gasteiger partial charge in [-0.1, -0.05) is 36.4 Å². The average molecular weight is 554 g/mol. The maximum atomic E-state index is 13.8. The molecule has 0 radical (unpaired) electrons. The third-order valence-corrected chi connectivity index (χ3v) is 5.37. The van der Waals surface area contributed by atoms with Gasteiger partial charge in [-0.2, -0.15) is 0 Å². The molecule has 39 heavy (non-hydrogen) atoms. The summed E-state index contributed by atoms with van der Waals surface area (Å²) < 4.78 is 140. The maximum Gasteiger partial charge on any atom is 0.200 e. The molecule has 0 aliphatic heterocycles. The topological polar surface area (TPSA) is 9.23 Å². The lowest BCUT2D eigenvalue weighted by molar-refractivity contribution is 0.377. The van der Waals surface area contributed by atoms with Crippen LogP contribution in [0.15, 0.2) is 48.5 Å². The molecule has 0 aliphatic carbocycles. The zero-order chi connectivity index (χ0) is 28.4. The molecule has 0 aliphatic rings. The summed E-state index contributed by atoms with van der Waals surface area (Å²) in [5, 5.41) is 0. The van der Waals surface area contributed by atoms with Crippen LogP contribution < -0.4 is 4.74 Å². The second-order valence-corrected chi connectivity index (χ2v) is 7.87. The summed E-state index contributed by atoms with van der Waals surface area (Å²) in [6.45, 7) is 0. The van der Waals surface area contributed by atoms with E-state index in [1.54, 1.807) is 0 Å². The minimum atomic E-state index is -2.26. The molecule has 4 aromatic carbocycles. The van der Waals surface area contributed by atoms with Gasteiger partial charge in [0.05, 0.1) is 11.1 Å². The van der Waals surface area contributed by atoms with Gasteiger partial charge >= 0.3 is 0 Å². The third kappa shape index (κ3) is 5.52. The Kier molecular flexibility index (Phi) is 7.80. The van der Waals surface area contributed by atoms with E-state index in [9.17, 15) is 43.9 Å². The zero-order valence-electron chi connectivity index (χ0n) is 19.1. The standard InChI is InChI=1S/C28H12F10O/c29-19-17(20(30)24(34)27(37)23(19)33)11-5-13-1-7-15(8-2-13)39-16-9-3-14(4-10-16)6-12-18-21(31)25(35)28(38)26(36)22(18)32/h1-12H. The summed E-state index contributed by atoms with van der Waals surface area (Å²) in [7, 11) is 0. The first-order valence-corrected chi connectivity index (χ1v) is 10.8. The molecule has 0 amide bonds. The third-order valence-electron chi connectivity index (χ3n) is 5.37. The van der Waals surface area contributed by atoms with Crippen LogP contribution >= 0.6 is 0 Å². The summed E-state index contributed by atoms with van der Waals surface area (Å²) in [4.78, 5) is 0. The lowest BCUT2D eigenvalue weighted by Gasteiger charge is -2.07. The second kappa shape index (κ2) is 11.1. The number of ether oxygens (including phenoxy) is 1. The fraction of sp³-hybridized carbons (Fsp3) is 0. The van der Waals surface area contributed by atoms with E-state index in [0.717, 1.165) is 24.3 Å². The van der Waals surface area contributed by atoms with Crippen molar-refractivity contribution >= 4 is 24.3 Å². The molecule has 4 aromatic rings. The average Bonchev–Trinajstić information content (AvgIpc) is 2.94. The van der Waals surface area contributed by atoms with Crippen molar-refractivity contribution in [3.8, 4) is 11.5 Å². The van der Waals surface area contributed by atoms with Crippen molar-refractivity contribution in [1.29, 1.82) is 0 Å². The van der Waals surface area contributed by atoms with Gasteiger partial charge in [0.2, 0.25) is 11.6 Å². The van der Waals surface area contributed by atoms with Gasteiger partial charge in [-0.15, -0.1) is 0 Å². The Morgan fingerprint density at radius 2 is 0.590 bits per heavy atom. The Bertz CT molecular complexity index is 1430. The quantitative estimate of drug-likeness (QED) is 0.1000. The van der Waals surface area contributed by atoms with E-state index >= 15 is 0 Å². The summed E-state index contributed by atoms with van der Waals surface area (Å²) in [6, 6.07) is 11.6. The molecule has 0 heterocycles. The molecule has 1 nitrogen and oxygen atoms in total. The van der Waals surface area contributed by atoms with Crippen LogP contribution in [0.4, 0.5) is 43.9 Å². The molecule has 0 aromatic heterocycles. The van der Waals surface area contributed by atoms with Crippen molar-refractivity contribution in [2.45, 2.75) is 0 Å². The summed E-state index contributed by atoms with van der Waals surface area (Å²) in [5.74, 6) is -20.0. The van der Waals surface area contributed by atoms with Crippen LogP contribution in [0.5, 0.6) is 11.5 Å². The van der Waals surface area contributed by atoms with Crippen LogP contribution in [-0.4, -0.2) is 0 Å². The molecule has 0 fully saturated rings. The molecule has 0 saturated heterocycles. The highest BCUT2D eigenvalue weighted by Crippen LogP contribution is 2.28. The van der Waals surface area contributed by atoms with Crippen LogP contribution in [0.2, 0.25) is 0 Å². The summed E-state index contributed by atoms with van der Waals surface area (Å²) in [5.41, 5.74) is -1.50. The number of rotatable bonds is 6. The van der Waals surface area contributed by atoms with Crippen molar-refractivity contribution < 1.29 is 48.6 Å². The van der Waals surface area contributed by atoms with E-state index in [4.69, 9.17) is 4.74 Å². The zero-order valence-corrected chi connectivity index (χ0v) is 19.1. The monoisotopic (exact) mass is 554 g/mol. The van der Waals surface area contributed by atoms with Gasteiger partial charge in [-0.05, 0) is 47.5 Å². The second-order valence-electron chi connectivity index (χ2n) is 7.87. The molecule has 4 rings (SSSR count). The van der Waals surface area contributed by atoms with Crippen molar-refractivity contribution in [2.24, 2.45) is 0 Å². The van der Waals surface area contributed by atoms with Gasteiger partial charge in [0.1, 0.15) is 11.5 Å². The van der Waals surface area contributed by atoms with Crippen molar-refractivity contribution in [3.05, 3.63) is 129 Å². The fourth-order valence-electron chi connectivity index (χ4n) is 3.33. The molecular formula is C28H12F10O. The fourth-order valence-corrected chi connectivity index (χ4v) is 3.33. The smallest absolute Gasteiger partial charge is 0.200 e. The Balaban J connectivity index is 1.45. The van der Waals surface area contributed by atoms with E-state index < -0.39 is 69.3 Å². The largest absolute Gasteiger partial charge is 0.457 e. The molecule has 0 atom stereocenters. The number of hydrogen-bond donors (Lipinski definition) is 0. The van der Waals surface area contributed by atoms with Crippen molar-refractivity contribution in [3.63, 3.8) is 0 Å². The SMILES string of the molecule is Fc1c(F)c(F)c(C=Cc2ccc(Oc3ccc(C=Cc4c(F)c(F)c(F)c(F)c4F)cc3)cc2)c(F)c1F. The number of benzene rings is 4. The van der Waals surface area contributed by atoms with E-state index in [0.29, 0.717) is 22.6 Å². The molecule has 0 saturated carbocycles.